The van der Waals surface area contributed by atoms with Gasteiger partial charge in [0.1, 0.15) is 17.3 Å². The van der Waals surface area contributed by atoms with Crippen LogP contribution in [-0.4, -0.2) is 17.8 Å². The lowest BCUT2D eigenvalue weighted by Crippen LogP contribution is -2.30. The van der Waals surface area contributed by atoms with Crippen LogP contribution in [0.4, 0.5) is 4.39 Å². The van der Waals surface area contributed by atoms with Gasteiger partial charge in [-0.25, -0.2) is 4.39 Å². The Bertz CT molecular complexity index is 568. The largest absolute Gasteiger partial charge is 0.495 e. The lowest BCUT2D eigenvalue weighted by atomic mass is 10.2. The topological polar surface area (TPSA) is 60.2 Å². The van der Waals surface area contributed by atoms with E-state index in [0.29, 0.717) is 11.5 Å². The monoisotopic (exact) mass is 293 g/mol. The Morgan fingerprint density at radius 1 is 1.40 bits per heavy atom. The number of methoxy groups -OCH3 is 1. The van der Waals surface area contributed by atoms with E-state index in [-0.39, 0.29) is 11.9 Å². The summed E-state index contributed by atoms with van der Waals surface area (Å²) in [5.74, 6) is 6.64. The molecule has 0 amide bonds. The third-order valence-electron chi connectivity index (χ3n) is 2.76. The van der Waals surface area contributed by atoms with Gasteiger partial charge in [0, 0.05) is 16.8 Å². The molecule has 2 rings (SSSR count). The van der Waals surface area contributed by atoms with Crippen LogP contribution in [0.2, 0.25) is 0 Å². The van der Waals surface area contributed by atoms with E-state index in [9.17, 15) is 4.39 Å². The van der Waals surface area contributed by atoms with E-state index >= 15 is 0 Å². The van der Waals surface area contributed by atoms with Crippen molar-refractivity contribution in [3.63, 3.8) is 0 Å². The van der Waals surface area contributed by atoms with Gasteiger partial charge in [-0.05, 0) is 30.3 Å². The molecule has 0 radical (unpaired) electrons. The number of aromatic nitrogens is 1. The number of nitrogens with one attached hydrogen (secondary N) is 1. The van der Waals surface area contributed by atoms with Crippen LogP contribution in [0.1, 0.15) is 11.7 Å². The van der Waals surface area contributed by atoms with E-state index < -0.39 is 0 Å². The average molecular weight is 293 g/mol. The highest BCUT2D eigenvalue weighted by atomic mass is 32.2. The number of nitrogens with two attached hydrogens (primary N) is 1. The summed E-state index contributed by atoms with van der Waals surface area (Å²) in [6.45, 7) is 0. The van der Waals surface area contributed by atoms with E-state index in [1.54, 1.807) is 25.4 Å². The van der Waals surface area contributed by atoms with Gasteiger partial charge in [0.25, 0.3) is 0 Å². The molecular weight excluding hydrogens is 277 g/mol. The minimum atomic E-state index is -0.248. The molecule has 6 heteroatoms. The zero-order valence-corrected chi connectivity index (χ0v) is 11.9. The van der Waals surface area contributed by atoms with Crippen LogP contribution in [0.15, 0.2) is 47.5 Å². The van der Waals surface area contributed by atoms with Crippen molar-refractivity contribution in [3.8, 4) is 5.75 Å². The van der Waals surface area contributed by atoms with E-state index in [1.165, 1.54) is 23.9 Å². The molecule has 20 heavy (non-hydrogen) atoms. The van der Waals surface area contributed by atoms with Gasteiger partial charge in [0.15, 0.2) is 0 Å². The van der Waals surface area contributed by atoms with Gasteiger partial charge in [-0.1, -0.05) is 6.07 Å². The van der Waals surface area contributed by atoms with Gasteiger partial charge in [0.05, 0.1) is 13.2 Å². The molecule has 0 aliphatic carbocycles. The van der Waals surface area contributed by atoms with Crippen LogP contribution < -0.4 is 16.0 Å². The molecule has 0 saturated heterocycles. The molecule has 1 aromatic carbocycles. The number of nitrogens with zero attached hydrogens (tertiary/aromatic N) is 1. The Kier molecular flexibility index (Phi) is 5.34. The molecule has 1 heterocycles. The predicted molar refractivity (Wildman–Crippen MR) is 78.0 cm³/mol. The normalized spacial score (nSPS) is 12.2. The number of benzene rings is 1. The molecule has 0 fully saturated rings. The third-order valence-corrected chi connectivity index (χ3v) is 3.85. The number of hydrogen-bond acceptors (Lipinski definition) is 5. The third kappa shape index (κ3) is 3.69. The van der Waals surface area contributed by atoms with Crippen LogP contribution in [0.5, 0.6) is 5.75 Å². The Morgan fingerprint density at radius 2 is 2.25 bits per heavy atom. The molecule has 3 N–H and O–H groups in total. The molecule has 0 bridgehead atoms. The molecule has 1 aromatic heterocycles. The van der Waals surface area contributed by atoms with E-state index in [2.05, 4.69) is 10.4 Å². The summed E-state index contributed by atoms with van der Waals surface area (Å²) < 4.78 is 18.4. The summed E-state index contributed by atoms with van der Waals surface area (Å²) in [7, 11) is 1.59. The molecule has 1 atom stereocenters. The molecule has 2 aromatic rings. The Balaban J connectivity index is 2.09. The number of halogens is 1. The van der Waals surface area contributed by atoms with Crippen molar-refractivity contribution in [1.29, 1.82) is 0 Å². The van der Waals surface area contributed by atoms with E-state index in [0.717, 1.165) is 10.6 Å². The minimum absolute atomic E-state index is 0.181. The van der Waals surface area contributed by atoms with E-state index in [4.69, 9.17) is 10.6 Å². The fourth-order valence-electron chi connectivity index (χ4n) is 1.78. The molecule has 106 valence electrons. The smallest absolute Gasteiger partial charge is 0.142 e. The highest BCUT2D eigenvalue weighted by Crippen LogP contribution is 2.28. The molecule has 1 unspecified atom stereocenters. The zero-order valence-electron chi connectivity index (χ0n) is 11.0. The average Bonchev–Trinajstić information content (AvgIpc) is 2.48. The first-order valence-electron chi connectivity index (χ1n) is 6.08. The summed E-state index contributed by atoms with van der Waals surface area (Å²) >= 11 is 1.50. The van der Waals surface area contributed by atoms with Crippen LogP contribution in [0.3, 0.4) is 0 Å². The predicted octanol–water partition coefficient (Wildman–Crippen LogP) is 2.53. The number of thioether (sulfide) groups is 1. The van der Waals surface area contributed by atoms with Crippen LogP contribution >= 0.6 is 11.8 Å². The van der Waals surface area contributed by atoms with Crippen molar-refractivity contribution in [2.75, 3.05) is 12.9 Å². The molecule has 0 saturated carbocycles. The van der Waals surface area contributed by atoms with Crippen molar-refractivity contribution in [3.05, 3.63) is 54.1 Å². The lowest BCUT2D eigenvalue weighted by molar-refractivity contribution is 0.398. The second-order valence-electron chi connectivity index (χ2n) is 4.08. The fraction of sp³-hybridized carbons (Fsp3) is 0.214. The summed E-state index contributed by atoms with van der Waals surface area (Å²) in [4.78, 5) is 5.14. The van der Waals surface area contributed by atoms with Gasteiger partial charge < -0.3 is 4.74 Å². The Labute approximate surface area is 121 Å². The molecular formula is C14H16FN3OS. The number of hydrogen-bond donors (Lipinski definition) is 2. The van der Waals surface area contributed by atoms with Crippen LogP contribution in [0.25, 0.3) is 0 Å². The Hall–Kier alpha value is -1.63. The number of rotatable bonds is 6. The van der Waals surface area contributed by atoms with Gasteiger partial charge in [-0.2, -0.15) is 0 Å². The molecule has 0 aliphatic heterocycles. The maximum absolute atomic E-state index is 13.1. The van der Waals surface area contributed by atoms with Crippen LogP contribution in [0, 0.1) is 5.82 Å². The standard InChI is InChI=1S/C14H16FN3OS/c1-19-13-6-3-7-17-14(13)12(18-16)9-20-11-5-2-4-10(15)8-11/h2-8,12,18H,9,16H2,1H3. The van der Waals surface area contributed by atoms with Gasteiger partial charge in [0.2, 0.25) is 0 Å². The highest BCUT2D eigenvalue weighted by Gasteiger charge is 2.16. The zero-order chi connectivity index (χ0) is 14.4. The van der Waals surface area contributed by atoms with Crippen molar-refractivity contribution in [2.24, 2.45) is 5.84 Å². The summed E-state index contributed by atoms with van der Waals surface area (Å²) in [5, 5.41) is 0. The first-order valence-corrected chi connectivity index (χ1v) is 7.06. The number of ether oxygens (including phenoxy) is 1. The van der Waals surface area contributed by atoms with Crippen molar-refractivity contribution in [2.45, 2.75) is 10.9 Å². The maximum atomic E-state index is 13.1. The van der Waals surface area contributed by atoms with Gasteiger partial charge in [-0.3, -0.25) is 16.3 Å². The highest BCUT2D eigenvalue weighted by molar-refractivity contribution is 7.99. The van der Waals surface area contributed by atoms with Crippen molar-refractivity contribution < 1.29 is 9.13 Å². The first-order chi connectivity index (χ1) is 9.74. The van der Waals surface area contributed by atoms with Gasteiger partial charge >= 0.3 is 0 Å². The first kappa shape index (κ1) is 14.8. The summed E-state index contributed by atoms with van der Waals surface area (Å²) in [5.41, 5.74) is 3.46. The summed E-state index contributed by atoms with van der Waals surface area (Å²) in [6, 6.07) is 9.91. The number of hydrazine groups is 1. The SMILES string of the molecule is COc1cccnc1C(CSc1cccc(F)c1)NN. The molecule has 0 aliphatic rings. The Morgan fingerprint density at radius 3 is 2.95 bits per heavy atom. The second-order valence-corrected chi connectivity index (χ2v) is 5.17. The minimum Gasteiger partial charge on any atom is -0.495 e. The number of pyridine rings is 1. The van der Waals surface area contributed by atoms with Crippen molar-refractivity contribution in [1.82, 2.24) is 10.4 Å². The molecule has 0 spiro atoms. The molecule has 4 nitrogen and oxygen atoms in total. The van der Waals surface area contributed by atoms with Crippen molar-refractivity contribution >= 4 is 11.8 Å². The quantitative estimate of drug-likeness (QED) is 0.487. The van der Waals surface area contributed by atoms with E-state index in [1.807, 2.05) is 12.1 Å². The lowest BCUT2D eigenvalue weighted by Gasteiger charge is -2.17. The van der Waals surface area contributed by atoms with Crippen LogP contribution in [-0.2, 0) is 0 Å². The summed E-state index contributed by atoms with van der Waals surface area (Å²) in [6.07, 6.45) is 1.69. The maximum Gasteiger partial charge on any atom is 0.142 e. The fourth-order valence-corrected chi connectivity index (χ4v) is 2.76. The van der Waals surface area contributed by atoms with Gasteiger partial charge in [-0.15, -0.1) is 11.8 Å². The second kappa shape index (κ2) is 7.23.